The fourth-order valence-corrected chi connectivity index (χ4v) is 2.66. The van der Waals surface area contributed by atoms with Gasteiger partial charge in [0.2, 0.25) is 0 Å². The van der Waals surface area contributed by atoms with E-state index >= 15 is 0 Å². The highest BCUT2D eigenvalue weighted by atomic mass is 35.5. The van der Waals surface area contributed by atoms with E-state index in [4.69, 9.17) is 33.7 Å². The Morgan fingerprint density at radius 1 is 1.15 bits per heavy atom. The summed E-state index contributed by atoms with van der Waals surface area (Å²) < 4.78 is 5.37. The molecule has 2 nitrogen and oxygen atoms in total. The molecule has 1 atom stereocenters. The summed E-state index contributed by atoms with van der Waals surface area (Å²) in [6.45, 7) is 2.03. The second-order valence-electron chi connectivity index (χ2n) is 4.79. The predicted octanol–water partition coefficient (Wildman–Crippen LogP) is 4.55. The number of halogens is 2. The molecule has 0 amide bonds. The lowest BCUT2D eigenvalue weighted by Gasteiger charge is -2.17. The van der Waals surface area contributed by atoms with Gasteiger partial charge in [0.15, 0.2) is 0 Å². The van der Waals surface area contributed by atoms with Gasteiger partial charge in [-0.15, -0.1) is 0 Å². The molecule has 0 aliphatic carbocycles. The molecule has 0 fully saturated rings. The van der Waals surface area contributed by atoms with Crippen molar-refractivity contribution in [2.75, 3.05) is 7.11 Å². The molecule has 1 unspecified atom stereocenters. The first-order chi connectivity index (χ1) is 9.51. The maximum absolute atomic E-state index is 6.31. The third kappa shape index (κ3) is 3.45. The average Bonchev–Trinajstić information content (AvgIpc) is 2.41. The van der Waals surface area contributed by atoms with Gasteiger partial charge in [-0.2, -0.15) is 0 Å². The lowest BCUT2D eigenvalue weighted by molar-refractivity contribution is 0.405. The molecule has 0 aliphatic rings. The Bertz CT molecular complexity index is 613. The van der Waals surface area contributed by atoms with Gasteiger partial charge in [0.05, 0.1) is 7.11 Å². The average molecular weight is 310 g/mol. The van der Waals surface area contributed by atoms with Gasteiger partial charge in [0.25, 0.3) is 0 Å². The molecule has 0 aliphatic heterocycles. The number of ether oxygens (including phenoxy) is 1. The Balaban J connectivity index is 2.27. The Kier molecular flexibility index (Phi) is 4.92. The Morgan fingerprint density at radius 3 is 2.55 bits per heavy atom. The highest BCUT2D eigenvalue weighted by Crippen LogP contribution is 2.30. The molecule has 0 spiro atoms. The van der Waals surface area contributed by atoms with Gasteiger partial charge >= 0.3 is 0 Å². The van der Waals surface area contributed by atoms with Crippen molar-refractivity contribution in [3.05, 3.63) is 63.1 Å². The second kappa shape index (κ2) is 6.49. The fourth-order valence-electron chi connectivity index (χ4n) is 2.18. The highest BCUT2D eigenvalue weighted by Gasteiger charge is 2.14. The van der Waals surface area contributed by atoms with Crippen molar-refractivity contribution in [1.82, 2.24) is 0 Å². The molecule has 2 N–H and O–H groups in total. The van der Waals surface area contributed by atoms with Crippen LogP contribution in [0, 0.1) is 6.92 Å². The minimum atomic E-state index is -0.177. The molecule has 0 aromatic heterocycles. The SMILES string of the molecule is COc1ccc(C)cc1C(N)Cc1ccc(Cl)cc1Cl. The quantitative estimate of drug-likeness (QED) is 0.899. The van der Waals surface area contributed by atoms with Crippen LogP contribution in [0.4, 0.5) is 0 Å². The first-order valence-corrected chi connectivity index (χ1v) is 7.11. The van der Waals surface area contributed by atoms with Gasteiger partial charge in [0, 0.05) is 21.7 Å². The normalized spacial score (nSPS) is 12.2. The van der Waals surface area contributed by atoms with Crippen molar-refractivity contribution >= 4 is 23.2 Å². The first kappa shape index (κ1) is 15.2. The molecule has 0 heterocycles. The van der Waals surface area contributed by atoms with E-state index < -0.39 is 0 Å². The van der Waals surface area contributed by atoms with E-state index in [2.05, 4.69) is 0 Å². The summed E-state index contributed by atoms with van der Waals surface area (Å²) in [5.41, 5.74) is 9.42. The monoisotopic (exact) mass is 309 g/mol. The minimum Gasteiger partial charge on any atom is -0.496 e. The summed E-state index contributed by atoms with van der Waals surface area (Å²) in [6.07, 6.45) is 0.635. The van der Waals surface area contributed by atoms with E-state index in [0.717, 1.165) is 22.4 Å². The van der Waals surface area contributed by atoms with Gasteiger partial charge in [-0.1, -0.05) is 47.0 Å². The van der Waals surface area contributed by atoms with Gasteiger partial charge in [-0.05, 0) is 37.1 Å². The largest absolute Gasteiger partial charge is 0.496 e. The molecule has 0 saturated carbocycles. The number of methoxy groups -OCH3 is 1. The summed E-state index contributed by atoms with van der Waals surface area (Å²) in [5.74, 6) is 0.799. The number of nitrogens with two attached hydrogens (primary N) is 1. The second-order valence-corrected chi connectivity index (χ2v) is 5.64. The molecule has 106 valence electrons. The predicted molar refractivity (Wildman–Crippen MR) is 84.8 cm³/mol. The molecule has 0 saturated heterocycles. The van der Waals surface area contributed by atoms with E-state index in [1.54, 1.807) is 13.2 Å². The zero-order chi connectivity index (χ0) is 14.7. The molecule has 2 rings (SSSR count). The van der Waals surface area contributed by atoms with Crippen molar-refractivity contribution in [2.45, 2.75) is 19.4 Å². The maximum Gasteiger partial charge on any atom is 0.123 e. The van der Waals surface area contributed by atoms with Crippen LogP contribution < -0.4 is 10.5 Å². The van der Waals surface area contributed by atoms with Crippen LogP contribution in [0.15, 0.2) is 36.4 Å². The van der Waals surface area contributed by atoms with Crippen LogP contribution >= 0.6 is 23.2 Å². The van der Waals surface area contributed by atoms with Crippen LogP contribution in [-0.4, -0.2) is 7.11 Å². The number of aryl methyl sites for hydroxylation is 1. The topological polar surface area (TPSA) is 35.2 Å². The van der Waals surface area contributed by atoms with Crippen LogP contribution in [-0.2, 0) is 6.42 Å². The van der Waals surface area contributed by atoms with E-state index in [-0.39, 0.29) is 6.04 Å². The first-order valence-electron chi connectivity index (χ1n) is 6.35. The Labute approximate surface area is 129 Å². The van der Waals surface area contributed by atoms with Gasteiger partial charge in [-0.25, -0.2) is 0 Å². The Hall–Kier alpha value is -1.22. The summed E-state index contributed by atoms with van der Waals surface area (Å²) in [4.78, 5) is 0. The van der Waals surface area contributed by atoms with Crippen LogP contribution in [0.25, 0.3) is 0 Å². The Morgan fingerprint density at radius 2 is 1.90 bits per heavy atom. The number of hydrogen-bond donors (Lipinski definition) is 1. The maximum atomic E-state index is 6.31. The highest BCUT2D eigenvalue weighted by molar-refractivity contribution is 6.35. The van der Waals surface area contributed by atoms with Crippen molar-refractivity contribution in [3.63, 3.8) is 0 Å². The van der Waals surface area contributed by atoms with Crippen LogP contribution in [0.5, 0.6) is 5.75 Å². The molecule has 0 radical (unpaired) electrons. The summed E-state index contributed by atoms with van der Waals surface area (Å²) >= 11 is 12.1. The lowest BCUT2D eigenvalue weighted by atomic mass is 9.97. The summed E-state index contributed by atoms with van der Waals surface area (Å²) in [7, 11) is 1.65. The van der Waals surface area contributed by atoms with Crippen molar-refractivity contribution < 1.29 is 4.74 Å². The molecule has 0 bridgehead atoms. The van der Waals surface area contributed by atoms with Gasteiger partial charge in [-0.3, -0.25) is 0 Å². The number of benzene rings is 2. The summed E-state index contributed by atoms with van der Waals surface area (Å²) in [5, 5.41) is 1.26. The number of hydrogen-bond acceptors (Lipinski definition) is 2. The molecule has 2 aromatic rings. The van der Waals surface area contributed by atoms with Crippen molar-refractivity contribution in [2.24, 2.45) is 5.73 Å². The third-order valence-corrected chi connectivity index (χ3v) is 3.83. The van der Waals surface area contributed by atoms with E-state index in [1.807, 2.05) is 37.3 Å². The van der Waals surface area contributed by atoms with Crippen LogP contribution in [0.1, 0.15) is 22.7 Å². The molecule has 4 heteroatoms. The molecular formula is C16H17Cl2NO. The van der Waals surface area contributed by atoms with Crippen LogP contribution in [0.3, 0.4) is 0 Å². The minimum absolute atomic E-state index is 0.177. The zero-order valence-electron chi connectivity index (χ0n) is 11.5. The zero-order valence-corrected chi connectivity index (χ0v) is 13.0. The fraction of sp³-hybridized carbons (Fsp3) is 0.250. The van der Waals surface area contributed by atoms with Gasteiger partial charge < -0.3 is 10.5 Å². The standard InChI is InChI=1S/C16H17Cl2NO/c1-10-3-6-16(20-2)13(7-10)15(19)8-11-4-5-12(17)9-14(11)18/h3-7,9,15H,8,19H2,1-2H3. The molecular weight excluding hydrogens is 293 g/mol. The summed E-state index contributed by atoms with van der Waals surface area (Å²) in [6, 6.07) is 11.3. The van der Waals surface area contributed by atoms with E-state index in [1.165, 1.54) is 0 Å². The molecule has 2 aromatic carbocycles. The van der Waals surface area contributed by atoms with E-state index in [9.17, 15) is 0 Å². The van der Waals surface area contributed by atoms with Crippen molar-refractivity contribution in [1.29, 1.82) is 0 Å². The smallest absolute Gasteiger partial charge is 0.123 e. The number of rotatable bonds is 4. The lowest BCUT2D eigenvalue weighted by Crippen LogP contribution is -2.15. The van der Waals surface area contributed by atoms with Gasteiger partial charge in [0.1, 0.15) is 5.75 Å². The van der Waals surface area contributed by atoms with E-state index in [0.29, 0.717) is 16.5 Å². The third-order valence-electron chi connectivity index (χ3n) is 3.24. The molecule has 20 heavy (non-hydrogen) atoms. The van der Waals surface area contributed by atoms with Crippen molar-refractivity contribution in [3.8, 4) is 5.75 Å². The van der Waals surface area contributed by atoms with Crippen LogP contribution in [0.2, 0.25) is 10.0 Å².